The van der Waals surface area contributed by atoms with Crippen molar-refractivity contribution in [2.75, 3.05) is 13.2 Å². The third-order valence-electron chi connectivity index (χ3n) is 5.40. The molecule has 1 saturated heterocycles. The lowest BCUT2D eigenvalue weighted by Crippen LogP contribution is -2.36. The van der Waals surface area contributed by atoms with Crippen LogP contribution in [0.2, 0.25) is 0 Å². The van der Waals surface area contributed by atoms with E-state index in [0.29, 0.717) is 10.8 Å². The molecule has 3 atom stereocenters. The van der Waals surface area contributed by atoms with E-state index in [0.717, 1.165) is 25.0 Å². The van der Waals surface area contributed by atoms with Crippen molar-refractivity contribution < 1.29 is 4.74 Å². The van der Waals surface area contributed by atoms with Crippen LogP contribution in [0.25, 0.3) is 0 Å². The second-order valence-electron chi connectivity index (χ2n) is 7.31. The van der Waals surface area contributed by atoms with Gasteiger partial charge in [-0.15, -0.1) is 0 Å². The summed E-state index contributed by atoms with van der Waals surface area (Å²) in [4.78, 5) is 0. The van der Waals surface area contributed by atoms with E-state index in [-0.39, 0.29) is 0 Å². The Hall–Kier alpha value is -0.300. The second-order valence-corrected chi connectivity index (χ2v) is 7.31. The Morgan fingerprint density at radius 1 is 1.19 bits per heavy atom. The van der Waals surface area contributed by atoms with Crippen molar-refractivity contribution in [2.45, 2.75) is 47.0 Å². The summed E-state index contributed by atoms with van der Waals surface area (Å²) < 4.78 is 5.78. The maximum Gasteiger partial charge on any atom is 0.0686 e. The Balaban J connectivity index is 2.01. The van der Waals surface area contributed by atoms with Gasteiger partial charge in [-0.1, -0.05) is 26.3 Å². The Morgan fingerprint density at radius 3 is 2.69 bits per heavy atom. The second kappa shape index (κ2) is 3.13. The lowest BCUT2D eigenvalue weighted by Gasteiger charge is -2.41. The largest absolute Gasteiger partial charge is 0.376 e. The third-order valence-corrected chi connectivity index (χ3v) is 5.40. The maximum absolute atomic E-state index is 5.78. The van der Waals surface area contributed by atoms with Crippen LogP contribution in [0.4, 0.5) is 0 Å². The number of ether oxygens (including phenoxy) is 1. The Bertz CT molecular complexity index is 352. The molecule has 16 heavy (non-hydrogen) atoms. The van der Waals surface area contributed by atoms with Crippen LogP contribution in [-0.4, -0.2) is 13.2 Å². The highest BCUT2D eigenvalue weighted by atomic mass is 16.5. The van der Waals surface area contributed by atoms with E-state index >= 15 is 0 Å². The fourth-order valence-corrected chi connectivity index (χ4v) is 4.73. The zero-order chi connectivity index (χ0) is 11.6. The van der Waals surface area contributed by atoms with Gasteiger partial charge >= 0.3 is 0 Å². The molecule has 0 spiro atoms. The monoisotopic (exact) mass is 220 g/mol. The molecular weight excluding hydrogens is 196 g/mol. The molecule has 0 aromatic heterocycles. The van der Waals surface area contributed by atoms with Crippen molar-refractivity contribution in [3.63, 3.8) is 0 Å². The van der Waals surface area contributed by atoms with Gasteiger partial charge < -0.3 is 4.74 Å². The van der Waals surface area contributed by atoms with Gasteiger partial charge in [-0.05, 0) is 49.0 Å². The highest BCUT2D eigenvalue weighted by Gasteiger charge is 2.54. The van der Waals surface area contributed by atoms with Crippen molar-refractivity contribution in [3.8, 4) is 0 Å². The SMILES string of the molecule is CC1=C2COC[C@]2(C)[C@H]2CC(C)(C)C[C@H]2C1. The smallest absolute Gasteiger partial charge is 0.0686 e. The molecule has 0 aromatic carbocycles. The summed E-state index contributed by atoms with van der Waals surface area (Å²) in [7, 11) is 0. The minimum absolute atomic E-state index is 0.376. The van der Waals surface area contributed by atoms with Crippen LogP contribution in [0, 0.1) is 22.7 Å². The van der Waals surface area contributed by atoms with Gasteiger partial charge in [-0.25, -0.2) is 0 Å². The van der Waals surface area contributed by atoms with Gasteiger partial charge in [0.25, 0.3) is 0 Å². The van der Waals surface area contributed by atoms with Crippen molar-refractivity contribution in [1.29, 1.82) is 0 Å². The molecule has 1 saturated carbocycles. The van der Waals surface area contributed by atoms with Crippen molar-refractivity contribution >= 4 is 0 Å². The molecule has 2 fully saturated rings. The normalized spacial score (nSPS) is 45.8. The first-order valence-electron chi connectivity index (χ1n) is 6.69. The van der Waals surface area contributed by atoms with Crippen LogP contribution >= 0.6 is 0 Å². The van der Waals surface area contributed by atoms with Crippen LogP contribution in [0.5, 0.6) is 0 Å². The predicted molar refractivity (Wildman–Crippen MR) is 66.2 cm³/mol. The first-order valence-corrected chi connectivity index (χ1v) is 6.69. The fourth-order valence-electron chi connectivity index (χ4n) is 4.73. The molecule has 0 aromatic rings. The summed E-state index contributed by atoms with van der Waals surface area (Å²) in [5.74, 6) is 1.80. The average Bonchev–Trinajstić information content (AvgIpc) is 2.67. The van der Waals surface area contributed by atoms with Gasteiger partial charge in [0.1, 0.15) is 0 Å². The molecule has 0 bridgehead atoms. The lowest BCUT2D eigenvalue weighted by atomic mass is 9.62. The van der Waals surface area contributed by atoms with Crippen LogP contribution < -0.4 is 0 Å². The highest BCUT2D eigenvalue weighted by Crippen LogP contribution is 2.60. The number of hydrogen-bond acceptors (Lipinski definition) is 1. The van der Waals surface area contributed by atoms with Gasteiger partial charge in [0.2, 0.25) is 0 Å². The fraction of sp³-hybridized carbons (Fsp3) is 0.867. The average molecular weight is 220 g/mol. The van der Waals surface area contributed by atoms with E-state index in [1.807, 2.05) is 0 Å². The lowest BCUT2D eigenvalue weighted by molar-refractivity contribution is 0.100. The molecule has 2 aliphatic carbocycles. The van der Waals surface area contributed by atoms with Gasteiger partial charge in [0, 0.05) is 5.41 Å². The first-order chi connectivity index (χ1) is 7.42. The molecule has 0 unspecified atom stereocenters. The van der Waals surface area contributed by atoms with Crippen LogP contribution in [-0.2, 0) is 4.74 Å². The molecule has 3 rings (SSSR count). The van der Waals surface area contributed by atoms with Crippen molar-refractivity contribution in [3.05, 3.63) is 11.1 Å². The summed E-state index contributed by atoms with van der Waals surface area (Å²) >= 11 is 0. The summed E-state index contributed by atoms with van der Waals surface area (Å²) in [6, 6.07) is 0. The molecule has 1 heteroatoms. The number of allylic oxidation sites excluding steroid dienone is 1. The molecule has 1 heterocycles. The number of rotatable bonds is 0. The quantitative estimate of drug-likeness (QED) is 0.564. The Kier molecular flexibility index (Phi) is 2.12. The van der Waals surface area contributed by atoms with E-state index in [4.69, 9.17) is 4.74 Å². The molecule has 90 valence electrons. The van der Waals surface area contributed by atoms with E-state index < -0.39 is 0 Å². The zero-order valence-corrected chi connectivity index (χ0v) is 11.1. The third kappa shape index (κ3) is 1.33. The van der Waals surface area contributed by atoms with Crippen molar-refractivity contribution in [1.82, 2.24) is 0 Å². The highest BCUT2D eigenvalue weighted by molar-refractivity contribution is 5.30. The summed E-state index contributed by atoms with van der Waals surface area (Å²) in [5, 5.41) is 0. The van der Waals surface area contributed by atoms with E-state index in [2.05, 4.69) is 27.7 Å². The topological polar surface area (TPSA) is 9.23 Å². The molecule has 0 N–H and O–H groups in total. The molecule has 1 aliphatic heterocycles. The molecule has 0 radical (unpaired) electrons. The summed E-state index contributed by atoms with van der Waals surface area (Å²) in [6.45, 7) is 11.6. The van der Waals surface area contributed by atoms with E-state index in [9.17, 15) is 0 Å². The van der Waals surface area contributed by atoms with Gasteiger partial charge in [0.05, 0.1) is 13.2 Å². The summed E-state index contributed by atoms with van der Waals surface area (Å²) in [6.07, 6.45) is 4.15. The molecular formula is C15H24O. The van der Waals surface area contributed by atoms with Crippen molar-refractivity contribution in [2.24, 2.45) is 22.7 Å². The van der Waals surface area contributed by atoms with Crippen LogP contribution in [0.15, 0.2) is 11.1 Å². The zero-order valence-electron chi connectivity index (χ0n) is 11.1. The van der Waals surface area contributed by atoms with Gasteiger partial charge in [-0.2, -0.15) is 0 Å². The minimum atomic E-state index is 0.376. The van der Waals surface area contributed by atoms with Gasteiger partial charge in [-0.3, -0.25) is 0 Å². The maximum atomic E-state index is 5.78. The van der Waals surface area contributed by atoms with E-state index in [1.165, 1.54) is 19.3 Å². The first kappa shape index (κ1) is 10.8. The summed E-state index contributed by atoms with van der Waals surface area (Å²) in [5.41, 5.74) is 4.21. The molecule has 3 aliphatic rings. The molecule has 1 nitrogen and oxygen atoms in total. The van der Waals surface area contributed by atoms with E-state index in [1.54, 1.807) is 11.1 Å². The molecule has 0 amide bonds. The number of fused-ring (bicyclic) bond motifs is 3. The van der Waals surface area contributed by atoms with Gasteiger partial charge in [0.15, 0.2) is 0 Å². The number of hydrogen-bond donors (Lipinski definition) is 0. The standard InChI is InChI=1S/C15H24O/c1-10-5-11-6-14(2,3)7-12(11)15(4)9-16-8-13(10)15/h11-12H,5-9H2,1-4H3/t11-,12+,15-/m1/s1. The van der Waals surface area contributed by atoms with Crippen LogP contribution in [0.3, 0.4) is 0 Å². The Morgan fingerprint density at radius 2 is 1.94 bits per heavy atom. The minimum Gasteiger partial charge on any atom is -0.376 e. The Labute approximate surface area is 99.3 Å². The predicted octanol–water partition coefficient (Wildman–Crippen LogP) is 3.80. The van der Waals surface area contributed by atoms with Crippen LogP contribution in [0.1, 0.15) is 47.0 Å².